The maximum atomic E-state index is 6.02. The molecule has 2 aliphatic rings. The van der Waals surface area contributed by atoms with Crippen molar-refractivity contribution in [3.8, 4) is 22.8 Å². The zero-order valence-electron chi connectivity index (χ0n) is 10.2. The topological polar surface area (TPSA) is 51.8 Å². The van der Waals surface area contributed by atoms with Crippen LogP contribution in [0.5, 0.6) is 0 Å². The van der Waals surface area contributed by atoms with Crippen molar-refractivity contribution in [3.63, 3.8) is 0 Å². The first-order chi connectivity index (χ1) is 9.79. The molecule has 0 radical (unpaired) electrons. The minimum atomic E-state index is 0.445. The Balaban J connectivity index is 1.94. The van der Waals surface area contributed by atoms with Gasteiger partial charge in [-0.3, -0.25) is 0 Å². The normalized spacial score (nSPS) is 11.2. The van der Waals surface area contributed by atoms with Gasteiger partial charge in [0.05, 0.1) is 0 Å². The molecular formula is C15H8ClN3O. The predicted molar refractivity (Wildman–Crippen MR) is 76.7 cm³/mol. The van der Waals surface area contributed by atoms with Gasteiger partial charge in [-0.1, -0.05) is 29.8 Å². The Morgan fingerprint density at radius 3 is 2.75 bits per heavy atom. The van der Waals surface area contributed by atoms with Crippen molar-refractivity contribution >= 4 is 22.7 Å². The molecule has 0 saturated heterocycles. The Labute approximate surface area is 119 Å². The van der Waals surface area contributed by atoms with Crippen LogP contribution in [0.4, 0.5) is 0 Å². The van der Waals surface area contributed by atoms with Crippen molar-refractivity contribution in [1.29, 1.82) is 0 Å². The molecule has 0 atom stereocenters. The highest BCUT2D eigenvalue weighted by Gasteiger charge is 2.12. The van der Waals surface area contributed by atoms with Gasteiger partial charge in [-0.05, 0) is 35.4 Å². The molecule has 20 heavy (non-hydrogen) atoms. The summed E-state index contributed by atoms with van der Waals surface area (Å²) in [5.74, 6) is 0.966. The van der Waals surface area contributed by atoms with Gasteiger partial charge in [0, 0.05) is 5.02 Å². The fourth-order valence-electron chi connectivity index (χ4n) is 2.15. The fourth-order valence-corrected chi connectivity index (χ4v) is 2.34. The van der Waals surface area contributed by atoms with E-state index in [0.29, 0.717) is 22.3 Å². The van der Waals surface area contributed by atoms with Gasteiger partial charge in [-0.15, -0.1) is 0 Å². The van der Waals surface area contributed by atoms with Crippen LogP contribution in [0.15, 0.2) is 53.2 Å². The average molecular weight is 282 g/mol. The molecule has 0 bridgehead atoms. The van der Waals surface area contributed by atoms with E-state index in [-0.39, 0.29) is 0 Å². The number of fused-ring (bicyclic) bond motifs is 2. The number of halogens is 1. The lowest BCUT2D eigenvalue weighted by atomic mass is 10.1. The highest BCUT2D eigenvalue weighted by Crippen LogP contribution is 2.28. The first kappa shape index (κ1) is 11.4. The summed E-state index contributed by atoms with van der Waals surface area (Å²) < 4.78 is 5.71. The first-order valence-corrected chi connectivity index (χ1v) is 6.45. The Morgan fingerprint density at radius 2 is 1.85 bits per heavy atom. The maximum absolute atomic E-state index is 6.02. The minimum absolute atomic E-state index is 0.445. The van der Waals surface area contributed by atoms with E-state index in [0.717, 1.165) is 16.6 Å². The van der Waals surface area contributed by atoms with Crippen LogP contribution in [0.1, 0.15) is 0 Å². The second-order valence-electron chi connectivity index (χ2n) is 4.41. The largest absolute Gasteiger partial charge is 0.433 e. The van der Waals surface area contributed by atoms with Crippen LogP contribution in [0, 0.1) is 0 Å². The number of hydrogen-bond donors (Lipinski definition) is 0. The van der Waals surface area contributed by atoms with Crippen LogP contribution in [0.3, 0.4) is 0 Å². The molecule has 0 unspecified atom stereocenters. The van der Waals surface area contributed by atoms with E-state index >= 15 is 0 Å². The third-order valence-corrected chi connectivity index (χ3v) is 3.33. The second kappa shape index (κ2) is 4.28. The molecule has 0 spiro atoms. The van der Waals surface area contributed by atoms with Gasteiger partial charge in [-0.2, -0.15) is 4.98 Å². The molecule has 2 aliphatic heterocycles. The highest BCUT2D eigenvalue weighted by molar-refractivity contribution is 6.30. The molecule has 2 aromatic rings. The zero-order valence-corrected chi connectivity index (χ0v) is 11.0. The summed E-state index contributed by atoms with van der Waals surface area (Å²) in [6.07, 6.45) is 1.44. The molecule has 96 valence electrons. The zero-order chi connectivity index (χ0) is 13.5. The molecule has 0 aliphatic carbocycles. The summed E-state index contributed by atoms with van der Waals surface area (Å²) in [5, 5.41) is 0.704. The summed E-state index contributed by atoms with van der Waals surface area (Å²) in [4.78, 5) is 12.4. The van der Waals surface area contributed by atoms with E-state index in [1.54, 1.807) is 0 Å². The van der Waals surface area contributed by atoms with Crippen molar-refractivity contribution < 1.29 is 4.42 Å². The summed E-state index contributed by atoms with van der Waals surface area (Å²) in [5.41, 5.74) is 3.48. The molecule has 0 fully saturated rings. The van der Waals surface area contributed by atoms with Crippen LogP contribution in [-0.2, 0) is 0 Å². The average Bonchev–Trinajstić information content (AvgIpc) is 2.91. The monoisotopic (exact) mass is 281 g/mol. The lowest BCUT2D eigenvalue weighted by Crippen LogP contribution is -1.88. The number of nitrogens with zero attached hydrogens (tertiary/aromatic N) is 3. The van der Waals surface area contributed by atoms with Crippen LogP contribution >= 0.6 is 11.6 Å². The van der Waals surface area contributed by atoms with E-state index < -0.39 is 0 Å². The van der Waals surface area contributed by atoms with Crippen LogP contribution in [-0.4, -0.2) is 15.0 Å². The maximum Gasteiger partial charge on any atom is 0.266 e. The van der Waals surface area contributed by atoms with E-state index in [9.17, 15) is 0 Å². The summed E-state index contributed by atoms with van der Waals surface area (Å²) in [6, 6.07) is 13.5. The molecule has 0 aromatic heterocycles. The highest BCUT2D eigenvalue weighted by atomic mass is 35.5. The number of aromatic nitrogens is 3. The molecule has 0 N–H and O–H groups in total. The predicted octanol–water partition coefficient (Wildman–Crippen LogP) is 4.04. The number of rotatable bonds is 1. The third-order valence-electron chi connectivity index (χ3n) is 3.10. The number of hydrogen-bond acceptors (Lipinski definition) is 4. The molecule has 2 aromatic carbocycles. The van der Waals surface area contributed by atoms with Gasteiger partial charge in [0.15, 0.2) is 5.58 Å². The van der Waals surface area contributed by atoms with Gasteiger partial charge in [0.25, 0.3) is 5.89 Å². The molecule has 4 nitrogen and oxygen atoms in total. The SMILES string of the molecule is Clc1cccc(-c2ccc3nc4ncnc-4oc3c2)c1. The van der Waals surface area contributed by atoms with E-state index in [1.807, 2.05) is 42.5 Å². The standard InChI is InChI=1S/C15H8ClN3O/c16-11-3-1-2-9(6-11)10-4-5-12-13(7-10)20-15-14(19-12)17-8-18-15/h1-8H. The quantitative estimate of drug-likeness (QED) is 0.528. The van der Waals surface area contributed by atoms with Crippen molar-refractivity contribution in [3.05, 3.63) is 53.8 Å². The molecular weight excluding hydrogens is 274 g/mol. The van der Waals surface area contributed by atoms with Crippen LogP contribution in [0.25, 0.3) is 33.9 Å². The summed E-state index contributed by atoms with van der Waals surface area (Å²) in [6.45, 7) is 0. The fraction of sp³-hybridized carbons (Fsp3) is 0. The summed E-state index contributed by atoms with van der Waals surface area (Å²) in [7, 11) is 0. The third kappa shape index (κ3) is 1.82. The second-order valence-corrected chi connectivity index (χ2v) is 4.85. The van der Waals surface area contributed by atoms with Gasteiger partial charge < -0.3 is 4.42 Å². The van der Waals surface area contributed by atoms with Crippen molar-refractivity contribution in [2.24, 2.45) is 0 Å². The smallest absolute Gasteiger partial charge is 0.266 e. The number of imidazole rings is 1. The Bertz CT molecular complexity index is 887. The first-order valence-electron chi connectivity index (χ1n) is 6.07. The Kier molecular flexibility index (Phi) is 2.44. The van der Waals surface area contributed by atoms with Gasteiger partial charge in [0.1, 0.15) is 11.8 Å². The molecule has 0 amide bonds. The molecule has 5 heteroatoms. The lowest BCUT2D eigenvalue weighted by Gasteiger charge is -2.05. The van der Waals surface area contributed by atoms with Gasteiger partial charge in [0.2, 0.25) is 5.82 Å². The van der Waals surface area contributed by atoms with Crippen LogP contribution < -0.4 is 0 Å². The van der Waals surface area contributed by atoms with Gasteiger partial charge in [-0.25, -0.2) is 9.97 Å². The minimum Gasteiger partial charge on any atom is -0.433 e. The lowest BCUT2D eigenvalue weighted by molar-refractivity contribution is 0.596. The van der Waals surface area contributed by atoms with E-state index in [2.05, 4.69) is 15.0 Å². The Morgan fingerprint density at radius 1 is 0.950 bits per heavy atom. The van der Waals surface area contributed by atoms with Gasteiger partial charge >= 0.3 is 0 Å². The summed E-state index contributed by atoms with van der Waals surface area (Å²) >= 11 is 6.02. The van der Waals surface area contributed by atoms with Crippen molar-refractivity contribution in [2.75, 3.05) is 0 Å². The van der Waals surface area contributed by atoms with E-state index in [4.69, 9.17) is 16.0 Å². The molecule has 0 saturated carbocycles. The van der Waals surface area contributed by atoms with E-state index in [1.165, 1.54) is 6.33 Å². The molecule has 4 rings (SSSR count). The van der Waals surface area contributed by atoms with Crippen molar-refractivity contribution in [2.45, 2.75) is 0 Å². The molecule has 2 heterocycles. The number of benzene rings is 2. The Hall–Kier alpha value is -2.46. The van der Waals surface area contributed by atoms with Crippen molar-refractivity contribution in [1.82, 2.24) is 15.0 Å². The van der Waals surface area contributed by atoms with Crippen LogP contribution in [0.2, 0.25) is 5.02 Å².